The highest BCUT2D eigenvalue weighted by atomic mass is 16.5. The maximum atomic E-state index is 12.7. The second kappa shape index (κ2) is 7.75. The minimum absolute atomic E-state index is 0.0441. The van der Waals surface area contributed by atoms with Crippen molar-refractivity contribution in [3.8, 4) is 11.4 Å². The molecule has 0 N–H and O–H groups in total. The number of fused-ring (bicyclic) bond motifs is 1. The highest BCUT2D eigenvalue weighted by Crippen LogP contribution is 2.29. The molecular formula is C18H22N6O3. The Balaban J connectivity index is 1.58. The summed E-state index contributed by atoms with van der Waals surface area (Å²) in [5.41, 5.74) is 3.68. The van der Waals surface area contributed by atoms with Gasteiger partial charge >= 0.3 is 0 Å². The molecule has 0 fully saturated rings. The second-order valence-electron chi connectivity index (χ2n) is 6.49. The van der Waals surface area contributed by atoms with Crippen molar-refractivity contribution in [2.75, 3.05) is 20.3 Å². The molecule has 9 heteroatoms. The molecule has 0 saturated heterocycles. The lowest BCUT2D eigenvalue weighted by atomic mass is 10.0. The average molecular weight is 370 g/mol. The summed E-state index contributed by atoms with van der Waals surface area (Å²) in [6, 6.07) is 1.81. The van der Waals surface area contributed by atoms with Gasteiger partial charge in [0, 0.05) is 63.4 Å². The number of carbonyl (C=O) groups excluding carboxylic acids is 1. The largest absolute Gasteiger partial charge is 0.451 e. The van der Waals surface area contributed by atoms with Gasteiger partial charge in [-0.25, -0.2) is 4.98 Å². The molecule has 0 spiro atoms. The second-order valence-corrected chi connectivity index (χ2v) is 6.49. The quantitative estimate of drug-likeness (QED) is 0.583. The highest BCUT2D eigenvalue weighted by Gasteiger charge is 2.28. The number of carbonyl (C=O) groups is 1. The molecule has 1 amide bonds. The molecule has 0 aromatic carbocycles. The first-order valence-corrected chi connectivity index (χ1v) is 8.97. The van der Waals surface area contributed by atoms with Gasteiger partial charge in [-0.2, -0.15) is 10.2 Å². The van der Waals surface area contributed by atoms with Crippen LogP contribution in [0, 0.1) is 0 Å². The molecule has 27 heavy (non-hydrogen) atoms. The molecule has 0 atom stereocenters. The third kappa shape index (κ3) is 3.63. The molecule has 0 aliphatic carbocycles. The van der Waals surface area contributed by atoms with E-state index in [2.05, 4.69) is 10.1 Å². The lowest BCUT2D eigenvalue weighted by molar-refractivity contribution is -0.133. The Bertz CT molecular complexity index is 885. The number of aryl methyl sites for hydroxylation is 1. The van der Waals surface area contributed by atoms with Crippen molar-refractivity contribution in [1.82, 2.24) is 29.4 Å². The van der Waals surface area contributed by atoms with E-state index < -0.39 is 0 Å². The van der Waals surface area contributed by atoms with Crippen molar-refractivity contribution >= 4 is 5.91 Å². The smallest absolute Gasteiger partial charge is 0.244 e. The zero-order chi connectivity index (χ0) is 18.6. The topological polar surface area (TPSA) is 91.2 Å². The zero-order valence-electron chi connectivity index (χ0n) is 15.2. The Morgan fingerprint density at radius 3 is 3.07 bits per heavy atom. The van der Waals surface area contributed by atoms with E-state index in [9.17, 15) is 4.79 Å². The van der Waals surface area contributed by atoms with Crippen LogP contribution in [0.5, 0.6) is 0 Å². The highest BCUT2D eigenvalue weighted by molar-refractivity contribution is 5.76. The number of hydrogen-bond acceptors (Lipinski definition) is 6. The van der Waals surface area contributed by atoms with Gasteiger partial charge in [0.05, 0.1) is 0 Å². The fourth-order valence-electron chi connectivity index (χ4n) is 3.42. The number of nitrogens with zero attached hydrogens (tertiary/aromatic N) is 6. The van der Waals surface area contributed by atoms with Crippen LogP contribution in [-0.4, -0.2) is 55.6 Å². The summed E-state index contributed by atoms with van der Waals surface area (Å²) < 4.78 is 14.0. The first kappa shape index (κ1) is 17.5. The van der Waals surface area contributed by atoms with E-state index in [4.69, 9.17) is 14.3 Å². The summed E-state index contributed by atoms with van der Waals surface area (Å²) >= 11 is 0. The Labute approximate surface area is 156 Å². The van der Waals surface area contributed by atoms with E-state index >= 15 is 0 Å². The van der Waals surface area contributed by atoms with Crippen molar-refractivity contribution in [3.63, 3.8) is 0 Å². The number of hydrogen-bond donors (Lipinski definition) is 0. The van der Waals surface area contributed by atoms with Crippen LogP contribution in [0.1, 0.15) is 17.7 Å². The minimum Gasteiger partial charge on any atom is -0.451 e. The number of amides is 1. The number of methoxy groups -OCH3 is 1. The van der Waals surface area contributed by atoms with Crippen molar-refractivity contribution in [3.05, 3.63) is 42.4 Å². The van der Waals surface area contributed by atoms with Gasteiger partial charge in [-0.3, -0.25) is 14.2 Å². The van der Waals surface area contributed by atoms with E-state index in [1.165, 1.54) is 6.39 Å². The van der Waals surface area contributed by atoms with Crippen LogP contribution in [0.2, 0.25) is 0 Å². The summed E-state index contributed by atoms with van der Waals surface area (Å²) in [6.07, 6.45) is 8.10. The molecule has 0 radical (unpaired) electrons. The molecule has 4 heterocycles. The van der Waals surface area contributed by atoms with Crippen LogP contribution >= 0.6 is 0 Å². The van der Waals surface area contributed by atoms with Crippen LogP contribution in [0.4, 0.5) is 0 Å². The van der Waals surface area contributed by atoms with Gasteiger partial charge in [-0.1, -0.05) is 0 Å². The third-order valence-corrected chi connectivity index (χ3v) is 4.74. The Morgan fingerprint density at radius 2 is 2.33 bits per heavy atom. The Morgan fingerprint density at radius 1 is 1.41 bits per heavy atom. The summed E-state index contributed by atoms with van der Waals surface area (Å²) in [7, 11) is 1.70. The summed E-state index contributed by atoms with van der Waals surface area (Å²) in [4.78, 5) is 18.8. The van der Waals surface area contributed by atoms with Crippen LogP contribution in [0.25, 0.3) is 11.4 Å². The van der Waals surface area contributed by atoms with Gasteiger partial charge in [-0.05, 0) is 12.5 Å². The lowest BCUT2D eigenvalue weighted by Crippen LogP contribution is -2.38. The molecule has 0 unspecified atom stereocenters. The van der Waals surface area contributed by atoms with Crippen LogP contribution < -0.4 is 0 Å². The van der Waals surface area contributed by atoms with E-state index in [0.29, 0.717) is 25.4 Å². The standard InChI is InChI=1S/C18H22N6O3/c1-26-9-3-7-24-16-4-8-22(17(25)11-23-6-2-5-20-23)10-14(16)18(21-24)15-12-27-13-19-15/h2,5-6,12-13H,3-4,7-11H2,1H3. The van der Waals surface area contributed by atoms with E-state index in [1.807, 2.05) is 15.6 Å². The SMILES string of the molecule is COCCCn1nc(-c2cocn2)c2c1CCN(C(=O)Cn1cccn1)C2. The van der Waals surface area contributed by atoms with Crippen molar-refractivity contribution in [1.29, 1.82) is 0 Å². The van der Waals surface area contributed by atoms with Gasteiger partial charge < -0.3 is 14.1 Å². The molecule has 4 rings (SSSR count). The third-order valence-electron chi connectivity index (χ3n) is 4.74. The van der Waals surface area contributed by atoms with Crippen molar-refractivity contribution in [2.24, 2.45) is 0 Å². The predicted molar refractivity (Wildman–Crippen MR) is 95.6 cm³/mol. The fourth-order valence-corrected chi connectivity index (χ4v) is 3.42. The van der Waals surface area contributed by atoms with E-state index in [1.54, 1.807) is 30.4 Å². The van der Waals surface area contributed by atoms with Crippen LogP contribution in [-0.2, 0) is 35.6 Å². The molecule has 0 saturated carbocycles. The minimum atomic E-state index is 0.0441. The number of oxazole rings is 1. The number of rotatable bonds is 7. The van der Waals surface area contributed by atoms with Crippen molar-refractivity contribution < 1.29 is 13.9 Å². The molecule has 3 aromatic rings. The molecule has 9 nitrogen and oxygen atoms in total. The fraction of sp³-hybridized carbons (Fsp3) is 0.444. The van der Waals surface area contributed by atoms with Crippen molar-refractivity contribution in [2.45, 2.75) is 32.5 Å². The molecule has 3 aromatic heterocycles. The summed E-state index contributed by atoms with van der Waals surface area (Å²) in [6.45, 7) is 2.88. The molecule has 0 bridgehead atoms. The Kier molecular flexibility index (Phi) is 5.01. The van der Waals surface area contributed by atoms with Crippen LogP contribution in [0.15, 0.2) is 35.5 Å². The first-order chi connectivity index (χ1) is 13.3. The van der Waals surface area contributed by atoms with Gasteiger partial charge in [0.1, 0.15) is 24.2 Å². The Hall–Kier alpha value is -2.94. The zero-order valence-corrected chi connectivity index (χ0v) is 15.2. The first-order valence-electron chi connectivity index (χ1n) is 8.97. The van der Waals surface area contributed by atoms with Gasteiger partial charge in [-0.15, -0.1) is 0 Å². The van der Waals surface area contributed by atoms with E-state index in [-0.39, 0.29) is 12.5 Å². The molecule has 142 valence electrons. The maximum absolute atomic E-state index is 12.7. The monoisotopic (exact) mass is 370 g/mol. The average Bonchev–Trinajstić information content (AvgIpc) is 3.42. The number of aromatic nitrogens is 5. The number of ether oxygens (including phenoxy) is 1. The molecular weight excluding hydrogens is 348 g/mol. The molecule has 1 aliphatic heterocycles. The van der Waals surface area contributed by atoms with Crippen LogP contribution in [0.3, 0.4) is 0 Å². The normalized spacial score (nSPS) is 13.7. The van der Waals surface area contributed by atoms with Gasteiger partial charge in [0.25, 0.3) is 0 Å². The lowest BCUT2D eigenvalue weighted by Gasteiger charge is -2.28. The van der Waals surface area contributed by atoms with Gasteiger partial charge in [0.15, 0.2) is 6.39 Å². The summed E-state index contributed by atoms with van der Waals surface area (Å²) in [5.74, 6) is 0.0441. The van der Waals surface area contributed by atoms with Gasteiger partial charge in [0.2, 0.25) is 5.91 Å². The predicted octanol–water partition coefficient (Wildman–Crippen LogP) is 1.36. The van der Waals surface area contributed by atoms with E-state index in [0.717, 1.165) is 36.3 Å². The summed E-state index contributed by atoms with van der Waals surface area (Å²) in [5, 5.41) is 8.88. The molecule has 1 aliphatic rings. The maximum Gasteiger partial charge on any atom is 0.244 e.